The van der Waals surface area contributed by atoms with E-state index in [4.69, 9.17) is 9.72 Å². The summed E-state index contributed by atoms with van der Waals surface area (Å²) in [6, 6.07) is 16.0. The van der Waals surface area contributed by atoms with Crippen LogP contribution in [0.5, 0.6) is 11.8 Å². The highest BCUT2D eigenvalue weighted by Gasteiger charge is 2.34. The molecule has 3 N–H and O–H groups in total. The molecule has 8 heteroatoms. The maximum atomic E-state index is 16.4. The number of anilines is 1. The van der Waals surface area contributed by atoms with Gasteiger partial charge in [0.25, 0.3) is 0 Å². The number of ether oxygens (including phenoxy) is 1. The van der Waals surface area contributed by atoms with Crippen molar-refractivity contribution in [2.75, 3.05) is 31.1 Å². The number of halogens is 1. The quantitative estimate of drug-likeness (QED) is 0.376. The molecule has 0 unspecified atom stereocenters. The molecule has 0 aliphatic carbocycles. The summed E-state index contributed by atoms with van der Waals surface area (Å²) in [6.07, 6.45) is 4.45. The molecule has 1 aromatic heterocycles. The molecule has 2 bridgehead atoms. The molecule has 0 amide bonds. The summed E-state index contributed by atoms with van der Waals surface area (Å²) in [7, 11) is 0. The number of benzene rings is 3. The molecular weight excluding hydrogens is 469 g/mol. The molecule has 190 valence electrons. The zero-order valence-electron chi connectivity index (χ0n) is 20.6. The Morgan fingerprint density at radius 2 is 1.81 bits per heavy atom. The van der Waals surface area contributed by atoms with Crippen molar-refractivity contribution in [1.82, 2.24) is 20.6 Å². The molecule has 3 atom stereocenters. The fourth-order valence-electron chi connectivity index (χ4n) is 6.20. The third-order valence-corrected chi connectivity index (χ3v) is 7.99. The number of hydrogen-bond acceptors (Lipinski definition) is 7. The second-order valence-corrected chi connectivity index (χ2v) is 10.5. The maximum Gasteiger partial charge on any atom is 0.319 e. The van der Waals surface area contributed by atoms with Crippen molar-refractivity contribution in [2.24, 2.45) is 0 Å². The van der Waals surface area contributed by atoms with Crippen LogP contribution in [0.4, 0.5) is 10.2 Å². The van der Waals surface area contributed by atoms with E-state index in [1.165, 1.54) is 0 Å². The number of phenols is 1. The second-order valence-electron chi connectivity index (χ2n) is 10.5. The van der Waals surface area contributed by atoms with Crippen molar-refractivity contribution in [2.45, 2.75) is 43.8 Å². The first-order chi connectivity index (χ1) is 18.1. The van der Waals surface area contributed by atoms with Crippen LogP contribution in [-0.2, 0) is 0 Å². The van der Waals surface area contributed by atoms with E-state index in [0.717, 1.165) is 61.9 Å². The monoisotopic (exact) mass is 499 g/mol. The van der Waals surface area contributed by atoms with Gasteiger partial charge in [-0.3, -0.25) is 0 Å². The summed E-state index contributed by atoms with van der Waals surface area (Å²) in [6.45, 7) is 3.09. The molecule has 7 rings (SSSR count). The Labute approximate surface area is 214 Å². The van der Waals surface area contributed by atoms with Gasteiger partial charge in [-0.2, -0.15) is 9.97 Å². The van der Waals surface area contributed by atoms with Gasteiger partial charge in [-0.1, -0.05) is 30.3 Å². The van der Waals surface area contributed by atoms with E-state index in [9.17, 15) is 5.11 Å². The third-order valence-electron chi connectivity index (χ3n) is 7.99. The standard InChI is InChI=1S/C29H30FN5O2/c30-26-23(25-13-21(36)12-17-4-1-2-6-22(17)25)9-10-24-27(26)33-29(37-16-20-5-3-11-31-20)34-28(24)35-14-18-7-8-19(15-35)32-18/h1-2,4,6,9-10,12-13,18-20,31-32,36H,3,5,7-8,11,14-16H2/t18-,19+,20-/m0/s1. The van der Waals surface area contributed by atoms with E-state index in [1.807, 2.05) is 30.3 Å². The van der Waals surface area contributed by atoms with Crippen LogP contribution >= 0.6 is 0 Å². The molecule has 3 aromatic carbocycles. The van der Waals surface area contributed by atoms with Crippen molar-refractivity contribution in [1.29, 1.82) is 0 Å². The summed E-state index contributed by atoms with van der Waals surface area (Å²) >= 11 is 0. The Morgan fingerprint density at radius 1 is 0.973 bits per heavy atom. The number of nitrogens with one attached hydrogen (secondary N) is 2. The van der Waals surface area contributed by atoms with Crippen molar-refractivity contribution >= 4 is 27.5 Å². The van der Waals surface area contributed by atoms with Crippen LogP contribution in [0.25, 0.3) is 32.8 Å². The molecule has 4 aromatic rings. The molecule has 0 radical (unpaired) electrons. The van der Waals surface area contributed by atoms with Gasteiger partial charge in [0.1, 0.15) is 23.7 Å². The van der Waals surface area contributed by atoms with E-state index in [1.54, 1.807) is 18.2 Å². The molecule has 3 saturated heterocycles. The second kappa shape index (κ2) is 9.11. The van der Waals surface area contributed by atoms with E-state index >= 15 is 4.39 Å². The third kappa shape index (κ3) is 4.14. The van der Waals surface area contributed by atoms with Gasteiger partial charge in [-0.15, -0.1) is 0 Å². The van der Waals surface area contributed by atoms with Crippen molar-refractivity contribution in [3.63, 3.8) is 0 Å². The molecule has 3 fully saturated rings. The van der Waals surface area contributed by atoms with E-state index in [0.29, 0.717) is 35.2 Å². The smallest absolute Gasteiger partial charge is 0.319 e. The van der Waals surface area contributed by atoms with Crippen LogP contribution in [0.2, 0.25) is 0 Å². The molecule has 37 heavy (non-hydrogen) atoms. The summed E-state index contributed by atoms with van der Waals surface area (Å²) in [5, 5.41) is 19.9. The molecular formula is C29H30FN5O2. The van der Waals surface area contributed by atoms with Crippen LogP contribution in [0.1, 0.15) is 25.7 Å². The predicted molar refractivity (Wildman–Crippen MR) is 143 cm³/mol. The number of hydrogen-bond donors (Lipinski definition) is 3. The van der Waals surface area contributed by atoms with Crippen molar-refractivity contribution in [3.05, 3.63) is 54.3 Å². The summed E-state index contributed by atoms with van der Waals surface area (Å²) in [5.74, 6) is 0.392. The van der Waals surface area contributed by atoms with E-state index in [-0.39, 0.29) is 23.3 Å². The molecule has 0 spiro atoms. The Hall–Kier alpha value is -3.49. The van der Waals surface area contributed by atoms with Gasteiger partial charge >= 0.3 is 6.01 Å². The minimum Gasteiger partial charge on any atom is -0.508 e. The Balaban J connectivity index is 1.36. The number of aromatic nitrogens is 2. The fourth-order valence-corrected chi connectivity index (χ4v) is 6.20. The maximum absolute atomic E-state index is 16.4. The van der Waals surface area contributed by atoms with Crippen LogP contribution in [-0.4, -0.2) is 59.4 Å². The Bertz CT molecular complexity index is 1480. The van der Waals surface area contributed by atoms with Gasteiger partial charge in [0, 0.05) is 42.2 Å². The zero-order valence-corrected chi connectivity index (χ0v) is 20.6. The zero-order chi connectivity index (χ0) is 24.9. The number of rotatable bonds is 5. The van der Waals surface area contributed by atoms with E-state index in [2.05, 4.69) is 20.5 Å². The van der Waals surface area contributed by atoms with Gasteiger partial charge in [0.15, 0.2) is 5.82 Å². The summed E-state index contributed by atoms with van der Waals surface area (Å²) in [5.41, 5.74) is 1.27. The normalized spacial score (nSPS) is 23.3. The first-order valence-electron chi connectivity index (χ1n) is 13.2. The Morgan fingerprint density at radius 3 is 2.62 bits per heavy atom. The van der Waals surface area contributed by atoms with Gasteiger partial charge in [0.05, 0.1) is 0 Å². The number of phenolic OH excluding ortho intramolecular Hbond substituents is 1. The van der Waals surface area contributed by atoms with Crippen LogP contribution < -0.4 is 20.3 Å². The highest BCUT2D eigenvalue weighted by atomic mass is 19.1. The number of fused-ring (bicyclic) bond motifs is 4. The highest BCUT2D eigenvalue weighted by Crippen LogP contribution is 2.38. The highest BCUT2D eigenvalue weighted by molar-refractivity contribution is 6.01. The summed E-state index contributed by atoms with van der Waals surface area (Å²) < 4.78 is 22.4. The Kier molecular flexibility index (Phi) is 5.59. The molecule has 3 aliphatic rings. The lowest BCUT2D eigenvalue weighted by molar-refractivity contribution is 0.258. The topological polar surface area (TPSA) is 82.5 Å². The van der Waals surface area contributed by atoms with Gasteiger partial charge in [0.2, 0.25) is 0 Å². The average molecular weight is 500 g/mol. The minimum atomic E-state index is -0.432. The SMILES string of the molecule is Oc1cc(-c2ccc3c(N4C[C@H]5CC[C@@H](C4)N5)nc(OC[C@@H]4CCCN4)nc3c2F)c2ccccc2c1. The van der Waals surface area contributed by atoms with Gasteiger partial charge < -0.3 is 25.4 Å². The van der Waals surface area contributed by atoms with Gasteiger partial charge in [-0.25, -0.2) is 4.39 Å². The first-order valence-corrected chi connectivity index (χ1v) is 13.2. The minimum absolute atomic E-state index is 0.0981. The average Bonchev–Trinajstić information content (AvgIpc) is 3.56. The fraction of sp³-hybridized carbons (Fsp3) is 0.379. The lowest BCUT2D eigenvalue weighted by atomic mass is 9.96. The van der Waals surface area contributed by atoms with Crippen molar-refractivity contribution < 1.29 is 14.2 Å². The molecule has 3 aliphatic heterocycles. The molecule has 7 nitrogen and oxygen atoms in total. The van der Waals surface area contributed by atoms with Crippen LogP contribution in [0, 0.1) is 5.82 Å². The lowest BCUT2D eigenvalue weighted by Crippen LogP contribution is -2.51. The largest absolute Gasteiger partial charge is 0.508 e. The van der Waals surface area contributed by atoms with Crippen LogP contribution in [0.15, 0.2) is 48.5 Å². The molecule has 4 heterocycles. The van der Waals surface area contributed by atoms with Crippen LogP contribution in [0.3, 0.4) is 0 Å². The van der Waals surface area contributed by atoms with Gasteiger partial charge in [-0.05, 0) is 66.8 Å². The first kappa shape index (κ1) is 22.7. The number of nitrogens with zero attached hydrogens (tertiary/aromatic N) is 3. The lowest BCUT2D eigenvalue weighted by Gasteiger charge is -2.34. The predicted octanol–water partition coefficient (Wildman–Crippen LogP) is 4.37. The number of aromatic hydroxyl groups is 1. The molecule has 0 saturated carbocycles. The van der Waals surface area contributed by atoms with E-state index < -0.39 is 5.82 Å². The number of piperazine rings is 1. The summed E-state index contributed by atoms with van der Waals surface area (Å²) in [4.78, 5) is 11.7. The van der Waals surface area contributed by atoms with Crippen molar-refractivity contribution in [3.8, 4) is 22.9 Å².